The molecule has 0 saturated carbocycles. The number of fused-ring (bicyclic) bond motifs is 1. The van der Waals surface area contributed by atoms with Crippen molar-refractivity contribution in [3.05, 3.63) is 51.7 Å². The summed E-state index contributed by atoms with van der Waals surface area (Å²) in [5, 5.41) is 5.45. The third-order valence-electron chi connectivity index (χ3n) is 4.44. The lowest BCUT2D eigenvalue weighted by atomic mass is 10.2. The van der Waals surface area contributed by atoms with Gasteiger partial charge in [-0.05, 0) is 13.0 Å². The van der Waals surface area contributed by atoms with Crippen LogP contribution in [0.3, 0.4) is 0 Å². The van der Waals surface area contributed by atoms with Crippen molar-refractivity contribution in [1.82, 2.24) is 15.0 Å². The first-order chi connectivity index (χ1) is 12.1. The molecule has 7 heteroatoms. The SMILES string of the molecule is Cc1cc(CN2CCN(C(=O)c3sc4ccccc4c3Cl)CC2)on1. The van der Waals surface area contributed by atoms with Crippen molar-refractivity contribution >= 4 is 38.9 Å². The molecule has 0 unspecified atom stereocenters. The Morgan fingerprint density at radius 2 is 2.04 bits per heavy atom. The van der Waals surface area contributed by atoms with E-state index in [1.807, 2.05) is 42.2 Å². The Morgan fingerprint density at radius 3 is 2.72 bits per heavy atom. The first-order valence-corrected chi connectivity index (χ1v) is 9.42. The van der Waals surface area contributed by atoms with Gasteiger partial charge >= 0.3 is 0 Å². The molecule has 1 saturated heterocycles. The number of thiophene rings is 1. The van der Waals surface area contributed by atoms with Crippen LogP contribution in [0.2, 0.25) is 5.02 Å². The van der Waals surface area contributed by atoms with Crippen molar-refractivity contribution in [3.63, 3.8) is 0 Å². The molecule has 1 amide bonds. The lowest BCUT2D eigenvalue weighted by Crippen LogP contribution is -2.48. The van der Waals surface area contributed by atoms with Crippen LogP contribution in [-0.4, -0.2) is 47.0 Å². The number of halogens is 1. The van der Waals surface area contributed by atoms with Crippen LogP contribution >= 0.6 is 22.9 Å². The van der Waals surface area contributed by atoms with Crippen LogP contribution in [0.1, 0.15) is 21.1 Å². The summed E-state index contributed by atoms with van der Waals surface area (Å²) in [4.78, 5) is 17.7. The highest BCUT2D eigenvalue weighted by atomic mass is 35.5. The highest BCUT2D eigenvalue weighted by Gasteiger charge is 2.26. The monoisotopic (exact) mass is 375 g/mol. The second-order valence-electron chi connectivity index (χ2n) is 6.24. The second-order valence-corrected chi connectivity index (χ2v) is 7.67. The lowest BCUT2D eigenvalue weighted by molar-refractivity contribution is 0.0622. The number of piperazine rings is 1. The number of aromatic nitrogens is 1. The molecule has 0 radical (unpaired) electrons. The molecule has 25 heavy (non-hydrogen) atoms. The van der Waals surface area contributed by atoms with Crippen molar-refractivity contribution in [2.45, 2.75) is 13.5 Å². The maximum absolute atomic E-state index is 12.9. The molecular formula is C18H18ClN3O2S. The van der Waals surface area contributed by atoms with Gasteiger partial charge in [0.25, 0.3) is 5.91 Å². The summed E-state index contributed by atoms with van der Waals surface area (Å²) in [7, 11) is 0. The molecule has 2 aromatic heterocycles. The van der Waals surface area contributed by atoms with Gasteiger partial charge in [0.1, 0.15) is 4.88 Å². The topological polar surface area (TPSA) is 49.6 Å². The fourth-order valence-electron chi connectivity index (χ4n) is 3.12. The first-order valence-electron chi connectivity index (χ1n) is 8.22. The smallest absolute Gasteiger partial charge is 0.265 e. The van der Waals surface area contributed by atoms with Gasteiger partial charge in [0.15, 0.2) is 5.76 Å². The zero-order valence-electron chi connectivity index (χ0n) is 13.9. The van der Waals surface area contributed by atoms with Crippen molar-refractivity contribution in [2.75, 3.05) is 26.2 Å². The van der Waals surface area contributed by atoms with E-state index in [0.29, 0.717) is 23.0 Å². The standard InChI is InChI=1S/C18H18ClN3O2S/c1-12-10-13(24-20-12)11-21-6-8-22(9-7-21)18(23)17-16(19)14-4-2-3-5-15(14)25-17/h2-5,10H,6-9,11H2,1H3. The minimum atomic E-state index is 0.0290. The van der Waals surface area contributed by atoms with Gasteiger partial charge in [0.2, 0.25) is 0 Å². The molecule has 1 fully saturated rings. The van der Waals surface area contributed by atoms with Gasteiger partial charge in [-0.15, -0.1) is 11.3 Å². The van der Waals surface area contributed by atoms with Gasteiger partial charge in [0.05, 0.1) is 17.3 Å². The Morgan fingerprint density at radius 1 is 1.28 bits per heavy atom. The Balaban J connectivity index is 1.43. The minimum Gasteiger partial charge on any atom is -0.360 e. The van der Waals surface area contributed by atoms with E-state index in [4.69, 9.17) is 16.1 Å². The summed E-state index contributed by atoms with van der Waals surface area (Å²) in [6.45, 7) is 5.65. The van der Waals surface area contributed by atoms with Crippen LogP contribution in [0.25, 0.3) is 10.1 Å². The molecule has 1 aliphatic heterocycles. The maximum atomic E-state index is 12.9. The van der Waals surface area contributed by atoms with Gasteiger partial charge in [-0.25, -0.2) is 0 Å². The van der Waals surface area contributed by atoms with E-state index < -0.39 is 0 Å². The summed E-state index contributed by atoms with van der Waals surface area (Å²) in [6, 6.07) is 9.82. The van der Waals surface area contributed by atoms with Crippen LogP contribution in [0.4, 0.5) is 0 Å². The number of carbonyl (C=O) groups excluding carboxylic acids is 1. The predicted molar refractivity (Wildman–Crippen MR) is 99.3 cm³/mol. The molecule has 0 aliphatic carbocycles. The number of aryl methyl sites for hydroxylation is 1. The molecular weight excluding hydrogens is 358 g/mol. The van der Waals surface area contributed by atoms with Gasteiger partial charge < -0.3 is 9.42 Å². The average Bonchev–Trinajstić information content (AvgIpc) is 3.19. The molecule has 1 aliphatic rings. The molecule has 0 spiro atoms. The highest BCUT2D eigenvalue weighted by molar-refractivity contribution is 7.21. The quantitative estimate of drug-likeness (QED) is 0.698. The van der Waals surface area contributed by atoms with Gasteiger partial charge in [-0.2, -0.15) is 0 Å². The summed E-state index contributed by atoms with van der Waals surface area (Å²) < 4.78 is 6.32. The van der Waals surface area contributed by atoms with Crippen LogP contribution < -0.4 is 0 Å². The molecule has 5 nitrogen and oxygen atoms in total. The van der Waals surface area contributed by atoms with Gasteiger partial charge in [-0.3, -0.25) is 9.69 Å². The number of hydrogen-bond acceptors (Lipinski definition) is 5. The average molecular weight is 376 g/mol. The van der Waals surface area contributed by atoms with Crippen LogP contribution in [0, 0.1) is 6.92 Å². The number of benzene rings is 1. The summed E-state index contributed by atoms with van der Waals surface area (Å²) in [5.74, 6) is 0.895. The van der Waals surface area contributed by atoms with E-state index in [-0.39, 0.29) is 5.91 Å². The summed E-state index contributed by atoms with van der Waals surface area (Å²) in [6.07, 6.45) is 0. The van der Waals surface area contributed by atoms with Crippen molar-refractivity contribution in [1.29, 1.82) is 0 Å². The number of nitrogens with zero attached hydrogens (tertiary/aromatic N) is 3. The largest absolute Gasteiger partial charge is 0.360 e. The zero-order chi connectivity index (χ0) is 17.4. The number of hydrogen-bond donors (Lipinski definition) is 0. The maximum Gasteiger partial charge on any atom is 0.265 e. The molecule has 130 valence electrons. The molecule has 3 aromatic rings. The van der Waals surface area contributed by atoms with E-state index in [0.717, 1.165) is 41.2 Å². The Hall–Kier alpha value is -1.89. The molecule has 4 rings (SSSR count). The molecule has 0 N–H and O–H groups in total. The summed E-state index contributed by atoms with van der Waals surface area (Å²) >= 11 is 7.91. The fraction of sp³-hybridized carbons (Fsp3) is 0.333. The highest BCUT2D eigenvalue weighted by Crippen LogP contribution is 2.36. The fourth-order valence-corrected chi connectivity index (χ4v) is 4.60. The molecule has 1 aromatic carbocycles. The number of carbonyl (C=O) groups is 1. The second kappa shape index (κ2) is 6.78. The predicted octanol–water partition coefficient (Wildman–Crippen LogP) is 3.81. The van der Waals surface area contributed by atoms with E-state index in [1.54, 1.807) is 0 Å². The molecule has 3 heterocycles. The Bertz CT molecular complexity index is 912. The Kier molecular flexibility index (Phi) is 4.50. The number of rotatable bonds is 3. The number of amides is 1. The first kappa shape index (κ1) is 16.6. The summed E-state index contributed by atoms with van der Waals surface area (Å²) in [5.41, 5.74) is 0.892. The van der Waals surface area contributed by atoms with E-state index >= 15 is 0 Å². The van der Waals surface area contributed by atoms with Crippen molar-refractivity contribution in [2.24, 2.45) is 0 Å². The van der Waals surface area contributed by atoms with Crippen LogP contribution in [0.5, 0.6) is 0 Å². The Labute approximate surface area is 154 Å². The van der Waals surface area contributed by atoms with Crippen molar-refractivity contribution in [3.8, 4) is 0 Å². The molecule has 0 bridgehead atoms. The van der Waals surface area contributed by atoms with E-state index in [9.17, 15) is 4.79 Å². The van der Waals surface area contributed by atoms with Gasteiger partial charge in [-0.1, -0.05) is 35.0 Å². The van der Waals surface area contributed by atoms with Gasteiger partial charge in [0, 0.05) is 42.3 Å². The minimum absolute atomic E-state index is 0.0290. The third kappa shape index (κ3) is 3.29. The zero-order valence-corrected chi connectivity index (χ0v) is 15.4. The van der Waals surface area contributed by atoms with Crippen LogP contribution in [-0.2, 0) is 6.54 Å². The van der Waals surface area contributed by atoms with Crippen LogP contribution in [0.15, 0.2) is 34.9 Å². The normalized spacial score (nSPS) is 15.8. The van der Waals surface area contributed by atoms with E-state index in [1.165, 1.54) is 11.3 Å². The van der Waals surface area contributed by atoms with Crippen molar-refractivity contribution < 1.29 is 9.32 Å². The van der Waals surface area contributed by atoms with E-state index in [2.05, 4.69) is 10.1 Å². The third-order valence-corrected chi connectivity index (χ3v) is 6.11. The molecule has 0 atom stereocenters. The lowest BCUT2D eigenvalue weighted by Gasteiger charge is -2.34.